The van der Waals surface area contributed by atoms with E-state index in [9.17, 15) is 4.79 Å². The maximum absolute atomic E-state index is 11.6. The van der Waals surface area contributed by atoms with E-state index in [4.69, 9.17) is 16.3 Å². The van der Waals surface area contributed by atoms with Crippen LogP contribution in [-0.4, -0.2) is 12.5 Å². The Morgan fingerprint density at radius 2 is 1.89 bits per heavy atom. The minimum absolute atomic E-state index is 0.0312. The Morgan fingerprint density at radius 3 is 2.61 bits per heavy atom. The largest absolute Gasteiger partial charge is 0.484 e. The lowest BCUT2D eigenvalue weighted by atomic mass is 10.3. The predicted octanol–water partition coefficient (Wildman–Crippen LogP) is 3.36. The van der Waals surface area contributed by atoms with Crippen molar-refractivity contribution in [1.82, 2.24) is 0 Å². The van der Waals surface area contributed by atoms with Gasteiger partial charge in [0.1, 0.15) is 5.75 Å². The molecule has 0 heterocycles. The van der Waals surface area contributed by atoms with Gasteiger partial charge in [-0.1, -0.05) is 35.9 Å². The fourth-order valence-electron chi connectivity index (χ4n) is 1.43. The molecule has 2 aromatic rings. The topological polar surface area (TPSA) is 38.3 Å². The van der Waals surface area contributed by atoms with Crippen LogP contribution in [0.15, 0.2) is 54.6 Å². The number of carbonyl (C=O) groups is 1. The van der Waals surface area contributed by atoms with Crippen LogP contribution in [0.3, 0.4) is 0 Å². The van der Waals surface area contributed by atoms with Crippen molar-refractivity contribution in [3.8, 4) is 5.75 Å². The van der Waals surface area contributed by atoms with Gasteiger partial charge in [0.25, 0.3) is 5.91 Å². The third kappa shape index (κ3) is 3.79. The summed E-state index contributed by atoms with van der Waals surface area (Å²) in [5, 5.41) is 3.28. The highest BCUT2D eigenvalue weighted by Crippen LogP contribution is 2.15. The number of hydrogen-bond acceptors (Lipinski definition) is 2. The summed E-state index contributed by atoms with van der Waals surface area (Å²) in [7, 11) is 0. The number of ether oxygens (including phenoxy) is 1. The number of carbonyl (C=O) groups excluding carboxylic acids is 1. The van der Waals surface area contributed by atoms with Crippen molar-refractivity contribution in [2.75, 3.05) is 11.9 Å². The normalized spacial score (nSPS) is 9.83. The van der Waals surface area contributed by atoms with Crippen LogP contribution in [0.4, 0.5) is 5.69 Å². The van der Waals surface area contributed by atoms with Gasteiger partial charge in [-0.3, -0.25) is 4.79 Å². The van der Waals surface area contributed by atoms with Crippen molar-refractivity contribution in [3.05, 3.63) is 59.6 Å². The van der Waals surface area contributed by atoms with Gasteiger partial charge in [0.2, 0.25) is 0 Å². The van der Waals surface area contributed by atoms with Crippen molar-refractivity contribution in [3.63, 3.8) is 0 Å². The second kappa shape index (κ2) is 6.07. The van der Waals surface area contributed by atoms with Gasteiger partial charge in [-0.15, -0.1) is 0 Å². The molecule has 1 amide bonds. The number of anilines is 1. The molecule has 0 aliphatic heterocycles. The minimum Gasteiger partial charge on any atom is -0.484 e. The molecule has 0 radical (unpaired) electrons. The van der Waals surface area contributed by atoms with Crippen LogP contribution in [0.5, 0.6) is 5.75 Å². The molecule has 0 saturated heterocycles. The van der Waals surface area contributed by atoms with Crippen LogP contribution in [0, 0.1) is 0 Å². The molecule has 0 fully saturated rings. The zero-order chi connectivity index (χ0) is 12.8. The summed E-state index contributed by atoms with van der Waals surface area (Å²) in [4.78, 5) is 11.6. The van der Waals surface area contributed by atoms with Crippen LogP contribution in [0.25, 0.3) is 0 Å². The average Bonchev–Trinajstić information content (AvgIpc) is 2.38. The molecule has 2 aromatic carbocycles. The Morgan fingerprint density at radius 1 is 1.11 bits per heavy atom. The molecule has 92 valence electrons. The van der Waals surface area contributed by atoms with E-state index in [1.165, 1.54) is 0 Å². The highest BCUT2D eigenvalue weighted by molar-refractivity contribution is 6.30. The van der Waals surface area contributed by atoms with Crippen LogP contribution in [0.1, 0.15) is 0 Å². The summed E-state index contributed by atoms with van der Waals surface area (Å²) >= 11 is 5.82. The van der Waals surface area contributed by atoms with E-state index in [1.807, 2.05) is 18.2 Å². The zero-order valence-electron chi connectivity index (χ0n) is 9.60. The fourth-order valence-corrected chi connectivity index (χ4v) is 1.62. The summed E-state index contributed by atoms with van der Waals surface area (Å²) in [5.41, 5.74) is 0.657. The van der Waals surface area contributed by atoms with Crippen molar-refractivity contribution in [2.24, 2.45) is 0 Å². The van der Waals surface area contributed by atoms with Gasteiger partial charge in [0.15, 0.2) is 6.61 Å². The first kappa shape index (κ1) is 12.5. The lowest BCUT2D eigenvalue weighted by Crippen LogP contribution is -2.20. The van der Waals surface area contributed by atoms with Gasteiger partial charge in [-0.05, 0) is 30.3 Å². The lowest BCUT2D eigenvalue weighted by molar-refractivity contribution is -0.118. The molecule has 1 N–H and O–H groups in total. The first-order valence-electron chi connectivity index (χ1n) is 5.47. The number of rotatable bonds is 4. The summed E-state index contributed by atoms with van der Waals surface area (Å²) in [5.74, 6) is 0.444. The monoisotopic (exact) mass is 261 g/mol. The van der Waals surface area contributed by atoms with Crippen molar-refractivity contribution in [1.29, 1.82) is 0 Å². The highest BCUT2D eigenvalue weighted by Gasteiger charge is 2.03. The Kier molecular flexibility index (Phi) is 4.20. The number of para-hydroxylation sites is 1. The van der Waals surface area contributed by atoms with Crippen LogP contribution < -0.4 is 10.1 Å². The first-order chi connectivity index (χ1) is 8.74. The van der Waals surface area contributed by atoms with Gasteiger partial charge < -0.3 is 10.1 Å². The molecule has 0 aliphatic carbocycles. The second-order valence-electron chi connectivity index (χ2n) is 3.66. The summed E-state index contributed by atoms with van der Waals surface area (Å²) < 4.78 is 5.33. The molecule has 0 aliphatic rings. The maximum Gasteiger partial charge on any atom is 0.262 e. The number of nitrogens with one attached hydrogen (secondary N) is 1. The molecular weight excluding hydrogens is 250 g/mol. The molecule has 0 unspecified atom stereocenters. The van der Waals surface area contributed by atoms with E-state index in [2.05, 4.69) is 5.32 Å². The molecule has 0 saturated carbocycles. The average molecular weight is 262 g/mol. The zero-order valence-corrected chi connectivity index (χ0v) is 10.4. The van der Waals surface area contributed by atoms with Gasteiger partial charge in [-0.25, -0.2) is 0 Å². The van der Waals surface area contributed by atoms with E-state index in [-0.39, 0.29) is 12.5 Å². The van der Waals surface area contributed by atoms with Crippen LogP contribution in [-0.2, 0) is 4.79 Å². The second-order valence-corrected chi connectivity index (χ2v) is 4.10. The number of benzene rings is 2. The molecule has 18 heavy (non-hydrogen) atoms. The van der Waals surface area contributed by atoms with E-state index < -0.39 is 0 Å². The van der Waals surface area contributed by atoms with Gasteiger partial charge in [-0.2, -0.15) is 0 Å². The first-order valence-corrected chi connectivity index (χ1v) is 5.85. The van der Waals surface area contributed by atoms with E-state index >= 15 is 0 Å². The standard InChI is InChI=1S/C14H12ClNO2/c15-11-5-4-6-12(9-11)16-14(17)10-18-13-7-2-1-3-8-13/h1-9H,10H2,(H,16,17). The summed E-state index contributed by atoms with van der Waals surface area (Å²) in [6, 6.07) is 16.2. The SMILES string of the molecule is O=C(COc1ccccc1)Nc1cccc(Cl)c1. The molecule has 0 aromatic heterocycles. The highest BCUT2D eigenvalue weighted by atomic mass is 35.5. The summed E-state index contributed by atoms with van der Waals surface area (Å²) in [6.07, 6.45) is 0. The lowest BCUT2D eigenvalue weighted by Gasteiger charge is -2.07. The van der Waals surface area contributed by atoms with E-state index in [1.54, 1.807) is 36.4 Å². The Labute approximate surface area is 110 Å². The third-order valence-corrected chi connectivity index (χ3v) is 2.46. The minimum atomic E-state index is -0.221. The van der Waals surface area contributed by atoms with Crippen molar-refractivity contribution >= 4 is 23.2 Å². The molecule has 4 heteroatoms. The number of halogens is 1. The van der Waals surface area contributed by atoms with Gasteiger partial charge in [0.05, 0.1) is 0 Å². The van der Waals surface area contributed by atoms with E-state index in [0.717, 1.165) is 0 Å². The van der Waals surface area contributed by atoms with Gasteiger partial charge >= 0.3 is 0 Å². The number of amides is 1. The van der Waals surface area contributed by atoms with Crippen molar-refractivity contribution < 1.29 is 9.53 Å². The summed E-state index contributed by atoms with van der Waals surface area (Å²) in [6.45, 7) is -0.0312. The smallest absolute Gasteiger partial charge is 0.262 e. The Bertz CT molecular complexity index is 528. The molecule has 3 nitrogen and oxygen atoms in total. The van der Waals surface area contributed by atoms with Gasteiger partial charge in [0, 0.05) is 10.7 Å². The van der Waals surface area contributed by atoms with Crippen LogP contribution >= 0.6 is 11.6 Å². The molecule has 0 spiro atoms. The molecule has 0 atom stereocenters. The van der Waals surface area contributed by atoms with E-state index in [0.29, 0.717) is 16.5 Å². The van der Waals surface area contributed by atoms with Crippen LogP contribution in [0.2, 0.25) is 5.02 Å². The fraction of sp³-hybridized carbons (Fsp3) is 0.0714. The maximum atomic E-state index is 11.6. The Hall–Kier alpha value is -2.00. The molecular formula is C14H12ClNO2. The van der Waals surface area contributed by atoms with Crippen molar-refractivity contribution in [2.45, 2.75) is 0 Å². The molecule has 2 rings (SSSR count). The quantitative estimate of drug-likeness (QED) is 0.917. The number of hydrogen-bond donors (Lipinski definition) is 1. The third-order valence-electron chi connectivity index (χ3n) is 2.22. The molecule has 0 bridgehead atoms. The Balaban J connectivity index is 1.86. The predicted molar refractivity (Wildman–Crippen MR) is 72.0 cm³/mol.